The maximum absolute atomic E-state index is 11.6. The number of nitrogens with one attached hydrogen (secondary N) is 1. The molecule has 4 nitrogen and oxygen atoms in total. The van der Waals surface area contributed by atoms with E-state index < -0.39 is 17.3 Å². The summed E-state index contributed by atoms with van der Waals surface area (Å²) in [6.45, 7) is 6.04. The van der Waals surface area contributed by atoms with Crippen LogP contribution in [0.3, 0.4) is 0 Å². The minimum atomic E-state index is -1.01. The Labute approximate surface area is 103 Å². The number of carbonyl (C=O) groups excluding carboxylic acids is 1. The third-order valence-corrected chi connectivity index (χ3v) is 4.10. The maximum atomic E-state index is 11.6. The summed E-state index contributed by atoms with van der Waals surface area (Å²) >= 11 is 0. The van der Waals surface area contributed by atoms with Gasteiger partial charge in [-0.05, 0) is 30.6 Å². The van der Waals surface area contributed by atoms with Gasteiger partial charge >= 0.3 is 5.97 Å². The maximum Gasteiger partial charge on any atom is 0.310 e. The van der Waals surface area contributed by atoms with Gasteiger partial charge in [0.25, 0.3) is 0 Å². The quantitative estimate of drug-likeness (QED) is 0.819. The molecule has 1 radical (unpaired) electrons. The standard InChI is InChI=1S/C13H22NO3/c1-8(2)10-5-4-9(3)6-13(10,12(16)17)7-11(14)15/h8-10,14H,4-7H2,1-3H3,(H,16,17). The Kier molecular flexibility index (Phi) is 4.17. The molecule has 1 saturated carbocycles. The van der Waals surface area contributed by atoms with E-state index in [4.69, 9.17) is 5.73 Å². The van der Waals surface area contributed by atoms with Crippen molar-refractivity contribution in [3.63, 3.8) is 0 Å². The van der Waals surface area contributed by atoms with Crippen molar-refractivity contribution in [3.8, 4) is 0 Å². The number of carbonyl (C=O) groups is 2. The monoisotopic (exact) mass is 240 g/mol. The zero-order chi connectivity index (χ0) is 13.2. The van der Waals surface area contributed by atoms with Crippen LogP contribution in [-0.2, 0) is 9.59 Å². The van der Waals surface area contributed by atoms with Crippen LogP contribution < -0.4 is 5.73 Å². The van der Waals surface area contributed by atoms with Gasteiger partial charge in [-0.15, -0.1) is 0 Å². The second-order valence-corrected chi connectivity index (χ2v) is 5.80. The van der Waals surface area contributed by atoms with E-state index in [1.54, 1.807) is 0 Å². The highest BCUT2D eigenvalue weighted by Gasteiger charge is 2.50. The van der Waals surface area contributed by atoms with Gasteiger partial charge in [0.05, 0.1) is 5.41 Å². The van der Waals surface area contributed by atoms with Crippen LogP contribution >= 0.6 is 0 Å². The Hall–Kier alpha value is -1.06. The molecule has 0 saturated heterocycles. The zero-order valence-corrected chi connectivity index (χ0v) is 10.8. The van der Waals surface area contributed by atoms with Crippen molar-refractivity contribution in [2.75, 3.05) is 0 Å². The van der Waals surface area contributed by atoms with Crippen molar-refractivity contribution in [1.29, 1.82) is 0 Å². The van der Waals surface area contributed by atoms with Crippen molar-refractivity contribution in [2.24, 2.45) is 23.2 Å². The van der Waals surface area contributed by atoms with Crippen LogP contribution in [0.15, 0.2) is 0 Å². The van der Waals surface area contributed by atoms with Gasteiger partial charge in [0.15, 0.2) is 0 Å². The molecular weight excluding hydrogens is 218 g/mol. The molecule has 0 bridgehead atoms. The van der Waals surface area contributed by atoms with Crippen LogP contribution in [0.5, 0.6) is 0 Å². The van der Waals surface area contributed by atoms with Crippen LogP contribution in [0.4, 0.5) is 0 Å². The second kappa shape index (κ2) is 5.07. The summed E-state index contributed by atoms with van der Waals surface area (Å²) in [4.78, 5) is 22.7. The first-order chi connectivity index (χ1) is 7.79. The molecular formula is C13H22NO3. The Balaban J connectivity index is 3.09. The number of rotatable bonds is 4. The van der Waals surface area contributed by atoms with Crippen LogP contribution in [0.25, 0.3) is 0 Å². The van der Waals surface area contributed by atoms with Gasteiger partial charge in [0, 0.05) is 6.42 Å². The van der Waals surface area contributed by atoms with Crippen molar-refractivity contribution < 1.29 is 14.7 Å². The summed E-state index contributed by atoms with van der Waals surface area (Å²) in [5.41, 5.74) is 6.12. The highest BCUT2D eigenvalue weighted by molar-refractivity contribution is 5.84. The average molecular weight is 240 g/mol. The Morgan fingerprint density at radius 1 is 1.41 bits per heavy atom. The van der Waals surface area contributed by atoms with Gasteiger partial charge in [0.1, 0.15) is 0 Å². The average Bonchev–Trinajstić information content (AvgIpc) is 2.15. The number of hydrogen-bond donors (Lipinski definition) is 1. The number of hydrogen-bond acceptors (Lipinski definition) is 2. The van der Waals surface area contributed by atoms with E-state index in [1.165, 1.54) is 0 Å². The molecule has 3 unspecified atom stereocenters. The Bertz CT molecular complexity index is 314. The molecule has 4 heteroatoms. The van der Waals surface area contributed by atoms with E-state index >= 15 is 0 Å². The fourth-order valence-electron chi connectivity index (χ4n) is 3.40. The van der Waals surface area contributed by atoms with Crippen molar-refractivity contribution in [2.45, 2.75) is 46.5 Å². The SMILES string of the molecule is CC1CCC(C(C)C)C(CC([NH])=O)(C(=O)O)C1. The summed E-state index contributed by atoms with van der Waals surface area (Å²) in [6.07, 6.45) is 2.24. The Morgan fingerprint density at radius 3 is 2.41 bits per heavy atom. The molecule has 0 aromatic heterocycles. The lowest BCUT2D eigenvalue weighted by Gasteiger charge is -2.44. The highest BCUT2D eigenvalue weighted by Crippen LogP contribution is 2.49. The minimum Gasteiger partial charge on any atom is -0.481 e. The summed E-state index contributed by atoms with van der Waals surface area (Å²) < 4.78 is 0. The first kappa shape index (κ1) is 14.0. The van der Waals surface area contributed by atoms with Gasteiger partial charge < -0.3 is 5.11 Å². The number of aliphatic carboxylic acids is 1. The second-order valence-electron chi connectivity index (χ2n) is 5.80. The summed E-state index contributed by atoms with van der Waals surface area (Å²) in [7, 11) is 0. The van der Waals surface area contributed by atoms with E-state index in [1.807, 2.05) is 20.8 Å². The van der Waals surface area contributed by atoms with Gasteiger partial charge in [-0.1, -0.05) is 27.2 Å². The molecule has 97 valence electrons. The topological polar surface area (TPSA) is 78.2 Å². The normalized spacial score (nSPS) is 33.6. The number of amides is 1. The summed E-state index contributed by atoms with van der Waals surface area (Å²) in [6, 6.07) is 0. The first-order valence-electron chi connectivity index (χ1n) is 6.27. The molecule has 1 aliphatic rings. The molecule has 1 aliphatic carbocycles. The summed E-state index contributed by atoms with van der Waals surface area (Å²) in [5.74, 6) is -1.10. The van der Waals surface area contributed by atoms with Crippen LogP contribution in [0.1, 0.15) is 46.5 Å². The van der Waals surface area contributed by atoms with E-state index in [-0.39, 0.29) is 18.3 Å². The zero-order valence-electron chi connectivity index (χ0n) is 10.8. The fraction of sp³-hybridized carbons (Fsp3) is 0.846. The third-order valence-electron chi connectivity index (χ3n) is 4.10. The van der Waals surface area contributed by atoms with Gasteiger partial charge in [-0.2, -0.15) is 0 Å². The lowest BCUT2D eigenvalue weighted by molar-refractivity contribution is -0.161. The molecule has 1 rings (SSSR count). The minimum absolute atomic E-state index is 0.00509. The third kappa shape index (κ3) is 2.79. The number of carboxylic acid groups (broad SMARTS) is 1. The number of carboxylic acids is 1. The van der Waals surface area contributed by atoms with Gasteiger partial charge in [-0.3, -0.25) is 15.3 Å². The lowest BCUT2D eigenvalue weighted by atomic mass is 9.58. The van der Waals surface area contributed by atoms with Crippen LogP contribution in [0.2, 0.25) is 0 Å². The molecule has 0 spiro atoms. The molecule has 1 amide bonds. The first-order valence-corrected chi connectivity index (χ1v) is 6.27. The lowest BCUT2D eigenvalue weighted by Crippen LogP contribution is -2.47. The molecule has 0 heterocycles. The predicted octanol–water partition coefficient (Wildman–Crippen LogP) is 2.35. The van der Waals surface area contributed by atoms with E-state index in [2.05, 4.69) is 0 Å². The predicted molar refractivity (Wildman–Crippen MR) is 64.1 cm³/mol. The Morgan fingerprint density at radius 2 is 2.00 bits per heavy atom. The molecule has 0 aliphatic heterocycles. The smallest absolute Gasteiger partial charge is 0.310 e. The molecule has 1 fully saturated rings. The molecule has 0 aromatic rings. The van der Waals surface area contributed by atoms with Crippen molar-refractivity contribution in [3.05, 3.63) is 0 Å². The van der Waals surface area contributed by atoms with Gasteiger partial charge in [-0.25, -0.2) is 0 Å². The van der Waals surface area contributed by atoms with Crippen molar-refractivity contribution in [1.82, 2.24) is 5.73 Å². The van der Waals surface area contributed by atoms with E-state index in [9.17, 15) is 14.7 Å². The van der Waals surface area contributed by atoms with Gasteiger partial charge in [0.2, 0.25) is 5.91 Å². The highest BCUT2D eigenvalue weighted by atomic mass is 16.4. The van der Waals surface area contributed by atoms with E-state index in [0.717, 1.165) is 12.8 Å². The molecule has 17 heavy (non-hydrogen) atoms. The summed E-state index contributed by atoms with van der Waals surface area (Å²) in [5, 5.41) is 9.54. The van der Waals surface area contributed by atoms with Crippen molar-refractivity contribution >= 4 is 11.9 Å². The largest absolute Gasteiger partial charge is 0.481 e. The van der Waals surface area contributed by atoms with Crippen LogP contribution in [0, 0.1) is 23.2 Å². The van der Waals surface area contributed by atoms with E-state index in [0.29, 0.717) is 12.3 Å². The molecule has 0 aromatic carbocycles. The molecule has 3 atom stereocenters. The fourth-order valence-corrected chi connectivity index (χ4v) is 3.40. The van der Waals surface area contributed by atoms with Crippen LogP contribution in [-0.4, -0.2) is 17.0 Å². The molecule has 2 N–H and O–H groups in total.